The van der Waals surface area contributed by atoms with Crippen LogP contribution in [0, 0.1) is 5.82 Å². The predicted molar refractivity (Wildman–Crippen MR) is 84.6 cm³/mol. The van der Waals surface area contributed by atoms with E-state index in [9.17, 15) is 24.3 Å². The molecule has 0 spiro atoms. The minimum absolute atomic E-state index is 0.0368. The molecule has 3 aromatic rings. The molecule has 24 heavy (non-hydrogen) atoms. The van der Waals surface area contributed by atoms with Gasteiger partial charge in [0.2, 0.25) is 5.88 Å². The van der Waals surface area contributed by atoms with Gasteiger partial charge in [-0.05, 0) is 23.8 Å². The maximum Gasteiger partial charge on any atom is 0.294 e. The fraction of sp³-hybridized carbons (Fsp3) is 0.0588. The first-order valence-corrected chi connectivity index (χ1v) is 7.07. The van der Waals surface area contributed by atoms with Gasteiger partial charge in [0.25, 0.3) is 11.5 Å². The molecule has 0 aliphatic heterocycles. The van der Waals surface area contributed by atoms with E-state index < -0.39 is 17.3 Å². The van der Waals surface area contributed by atoms with Crippen molar-refractivity contribution >= 4 is 16.7 Å². The van der Waals surface area contributed by atoms with Crippen LogP contribution in [-0.4, -0.2) is 21.0 Å². The molecule has 0 unspecified atom stereocenters. The van der Waals surface area contributed by atoms with Gasteiger partial charge in [-0.2, -0.15) is 0 Å². The molecule has 0 bridgehead atoms. The second-order valence-corrected chi connectivity index (χ2v) is 5.17. The van der Waals surface area contributed by atoms with E-state index >= 15 is 0 Å². The number of carbonyl (C=O) groups excluding carboxylic acids is 1. The van der Waals surface area contributed by atoms with Gasteiger partial charge in [-0.3, -0.25) is 9.59 Å². The van der Waals surface area contributed by atoms with Crippen LogP contribution in [0.15, 0.2) is 53.3 Å². The number of aromatic nitrogens is 1. The number of aromatic hydroxyl groups is 1. The normalized spacial score (nSPS) is 10.7. The Balaban J connectivity index is 1.98. The lowest BCUT2D eigenvalue weighted by Gasteiger charge is -2.11. The first-order chi connectivity index (χ1) is 11.5. The first kappa shape index (κ1) is 15.5. The van der Waals surface area contributed by atoms with Crippen LogP contribution in [0.2, 0.25) is 0 Å². The number of hydrogen-bond acceptors (Lipinski definition) is 4. The number of nitrogens with zero attached hydrogens (tertiary/aromatic N) is 1. The number of benzene rings is 2. The van der Waals surface area contributed by atoms with Gasteiger partial charge in [0, 0.05) is 11.9 Å². The van der Waals surface area contributed by atoms with Crippen molar-refractivity contribution in [2.24, 2.45) is 0 Å². The van der Waals surface area contributed by atoms with Crippen molar-refractivity contribution in [1.29, 1.82) is 0 Å². The van der Waals surface area contributed by atoms with E-state index in [0.717, 1.165) is 0 Å². The summed E-state index contributed by atoms with van der Waals surface area (Å²) in [5.41, 5.74) is -0.376. The molecule has 122 valence electrons. The van der Waals surface area contributed by atoms with Crippen LogP contribution in [0.4, 0.5) is 4.39 Å². The maximum atomic E-state index is 12.9. The van der Waals surface area contributed by atoms with Crippen molar-refractivity contribution in [2.45, 2.75) is 6.54 Å². The van der Waals surface area contributed by atoms with Gasteiger partial charge in [-0.25, -0.2) is 4.39 Å². The van der Waals surface area contributed by atoms with Gasteiger partial charge in [-0.15, -0.1) is 4.73 Å². The maximum absolute atomic E-state index is 12.9. The Morgan fingerprint density at radius 1 is 1.08 bits per heavy atom. The smallest absolute Gasteiger partial charge is 0.294 e. The Labute approximate surface area is 135 Å². The molecule has 2 aromatic carbocycles. The number of hydrogen-bond donors (Lipinski definition) is 3. The number of halogens is 1. The molecule has 1 amide bonds. The van der Waals surface area contributed by atoms with Gasteiger partial charge in [0.05, 0.1) is 5.39 Å². The highest BCUT2D eigenvalue weighted by Crippen LogP contribution is 2.23. The average molecular weight is 328 g/mol. The van der Waals surface area contributed by atoms with E-state index in [2.05, 4.69) is 5.32 Å². The van der Waals surface area contributed by atoms with E-state index in [4.69, 9.17) is 0 Å². The number of nitrogens with one attached hydrogen (secondary N) is 1. The third-order valence-electron chi connectivity index (χ3n) is 3.64. The van der Waals surface area contributed by atoms with Crippen LogP contribution in [0.3, 0.4) is 0 Å². The van der Waals surface area contributed by atoms with E-state index in [0.29, 0.717) is 5.56 Å². The quantitative estimate of drug-likeness (QED) is 0.641. The van der Waals surface area contributed by atoms with Crippen LogP contribution in [0.5, 0.6) is 5.88 Å². The number of pyridine rings is 1. The molecule has 0 aliphatic carbocycles. The third-order valence-corrected chi connectivity index (χ3v) is 3.64. The topological polar surface area (TPSA) is 91.6 Å². The fourth-order valence-corrected chi connectivity index (χ4v) is 2.42. The molecule has 0 atom stereocenters. The van der Waals surface area contributed by atoms with Gasteiger partial charge < -0.3 is 15.6 Å². The Hall–Kier alpha value is -3.35. The number of fused-ring (bicyclic) bond motifs is 1. The van der Waals surface area contributed by atoms with Crippen molar-refractivity contribution in [3.05, 3.63) is 75.8 Å². The number of carbonyl (C=O) groups is 1. The van der Waals surface area contributed by atoms with Gasteiger partial charge in [-0.1, -0.05) is 30.3 Å². The largest absolute Gasteiger partial charge is 0.492 e. The van der Waals surface area contributed by atoms with Crippen molar-refractivity contribution in [3.63, 3.8) is 0 Å². The molecule has 6 nitrogen and oxygen atoms in total. The molecule has 1 aromatic heterocycles. The zero-order valence-corrected chi connectivity index (χ0v) is 12.4. The fourth-order valence-electron chi connectivity index (χ4n) is 2.42. The SMILES string of the molecule is O=C(NCc1ccc(F)cc1)c1c(O)n(O)c(=O)c2ccccc12. The summed E-state index contributed by atoms with van der Waals surface area (Å²) in [5, 5.41) is 22.6. The molecular weight excluding hydrogens is 315 g/mol. The van der Waals surface area contributed by atoms with Gasteiger partial charge in [0.1, 0.15) is 11.4 Å². The molecule has 3 rings (SSSR count). The highest BCUT2D eigenvalue weighted by atomic mass is 19.1. The molecule has 0 saturated carbocycles. The summed E-state index contributed by atoms with van der Waals surface area (Å²) in [6.45, 7) is 0.0947. The van der Waals surface area contributed by atoms with Crippen LogP contribution in [-0.2, 0) is 6.54 Å². The van der Waals surface area contributed by atoms with Crippen LogP contribution in [0.25, 0.3) is 10.8 Å². The molecule has 7 heteroatoms. The van der Waals surface area contributed by atoms with Crippen LogP contribution < -0.4 is 10.9 Å². The second-order valence-electron chi connectivity index (χ2n) is 5.17. The molecule has 3 N–H and O–H groups in total. The summed E-state index contributed by atoms with van der Waals surface area (Å²) in [6.07, 6.45) is 0. The summed E-state index contributed by atoms with van der Waals surface area (Å²) in [5.74, 6) is -1.90. The minimum atomic E-state index is -0.838. The zero-order chi connectivity index (χ0) is 17.3. The molecule has 0 fully saturated rings. The van der Waals surface area contributed by atoms with Crippen molar-refractivity contribution in [2.75, 3.05) is 0 Å². The number of amides is 1. The third kappa shape index (κ3) is 2.67. The zero-order valence-electron chi connectivity index (χ0n) is 12.4. The average Bonchev–Trinajstić information content (AvgIpc) is 2.59. The molecule has 0 saturated heterocycles. The second kappa shape index (κ2) is 6.04. The first-order valence-electron chi connectivity index (χ1n) is 7.07. The predicted octanol–water partition coefficient (Wildman–Crippen LogP) is 2.01. The lowest BCUT2D eigenvalue weighted by atomic mass is 10.1. The Morgan fingerprint density at radius 3 is 2.38 bits per heavy atom. The molecule has 0 aliphatic rings. The summed E-state index contributed by atoms with van der Waals surface area (Å²) in [4.78, 5) is 24.3. The minimum Gasteiger partial charge on any atom is -0.492 e. The molecule has 1 heterocycles. The molecule has 0 radical (unpaired) electrons. The van der Waals surface area contributed by atoms with Crippen LogP contribution in [0.1, 0.15) is 15.9 Å². The lowest BCUT2D eigenvalue weighted by Crippen LogP contribution is -2.27. The van der Waals surface area contributed by atoms with Crippen molar-refractivity contribution in [3.8, 4) is 5.88 Å². The van der Waals surface area contributed by atoms with E-state index in [1.165, 1.54) is 36.4 Å². The van der Waals surface area contributed by atoms with Gasteiger partial charge in [0.15, 0.2) is 0 Å². The summed E-state index contributed by atoms with van der Waals surface area (Å²) < 4.78 is 12.9. The van der Waals surface area contributed by atoms with Gasteiger partial charge >= 0.3 is 0 Å². The summed E-state index contributed by atoms with van der Waals surface area (Å²) in [6, 6.07) is 11.7. The highest BCUT2D eigenvalue weighted by Gasteiger charge is 2.21. The standard InChI is InChI=1S/C17H13FN2O4/c18-11-7-5-10(6-8-11)9-19-15(21)14-12-3-1-2-4-13(12)16(22)20(24)17(14)23/h1-8,23-24H,9H2,(H,19,21). The van der Waals surface area contributed by atoms with E-state index in [-0.39, 0.29) is 33.4 Å². The van der Waals surface area contributed by atoms with Crippen molar-refractivity contribution in [1.82, 2.24) is 10.0 Å². The number of rotatable bonds is 3. The Kier molecular flexibility index (Phi) is 3.91. The highest BCUT2D eigenvalue weighted by molar-refractivity contribution is 6.08. The monoisotopic (exact) mass is 328 g/mol. The van der Waals surface area contributed by atoms with E-state index in [1.54, 1.807) is 12.1 Å². The van der Waals surface area contributed by atoms with Crippen LogP contribution >= 0.6 is 0 Å². The summed E-state index contributed by atoms with van der Waals surface area (Å²) in [7, 11) is 0. The Morgan fingerprint density at radius 2 is 1.71 bits per heavy atom. The molecular formula is C17H13FN2O4. The van der Waals surface area contributed by atoms with E-state index in [1.807, 2.05) is 0 Å². The lowest BCUT2D eigenvalue weighted by molar-refractivity contribution is 0.0935. The summed E-state index contributed by atoms with van der Waals surface area (Å²) >= 11 is 0. The Bertz CT molecular complexity index is 980. The van der Waals surface area contributed by atoms with Crippen molar-refractivity contribution < 1.29 is 19.5 Å².